The molecule has 3 nitrogen and oxygen atoms in total. The predicted octanol–water partition coefficient (Wildman–Crippen LogP) is 2.98. The molecule has 1 heterocycles. The molecule has 0 aliphatic carbocycles. The summed E-state index contributed by atoms with van der Waals surface area (Å²) in [5, 5.41) is 3.46. The molecule has 1 aromatic carbocycles. The van der Waals surface area contributed by atoms with Gasteiger partial charge in [-0.2, -0.15) is 0 Å². The maximum absolute atomic E-state index is 13.2. The zero-order chi connectivity index (χ0) is 13.8. The molecule has 2 atom stereocenters. The van der Waals surface area contributed by atoms with Gasteiger partial charge < -0.3 is 15.0 Å². The van der Waals surface area contributed by atoms with Gasteiger partial charge in [0.05, 0.1) is 12.8 Å². The largest absolute Gasteiger partial charge is 0.494 e. The molecule has 0 spiro atoms. The van der Waals surface area contributed by atoms with Crippen molar-refractivity contribution in [2.75, 3.05) is 32.6 Å². The molecule has 1 aliphatic heterocycles. The summed E-state index contributed by atoms with van der Waals surface area (Å²) < 4.78 is 18.4. The van der Waals surface area contributed by atoms with Crippen molar-refractivity contribution in [3.63, 3.8) is 0 Å². The van der Waals surface area contributed by atoms with E-state index in [2.05, 4.69) is 24.2 Å². The van der Waals surface area contributed by atoms with Crippen LogP contribution in [0.5, 0.6) is 5.75 Å². The van der Waals surface area contributed by atoms with Crippen LogP contribution in [0.25, 0.3) is 0 Å². The number of benzene rings is 1. The number of ether oxygens (including phenoxy) is 1. The van der Waals surface area contributed by atoms with E-state index in [1.807, 2.05) is 0 Å². The lowest BCUT2D eigenvalue weighted by Crippen LogP contribution is -2.39. The molecule has 1 aliphatic rings. The quantitative estimate of drug-likeness (QED) is 0.906. The first-order valence-corrected chi connectivity index (χ1v) is 6.88. The maximum atomic E-state index is 13.2. The molecule has 0 amide bonds. The summed E-state index contributed by atoms with van der Waals surface area (Å²) in [6.45, 7) is 4.48. The van der Waals surface area contributed by atoms with Crippen LogP contribution in [0.2, 0.25) is 0 Å². The molecule has 0 saturated carbocycles. The Labute approximate surface area is 114 Å². The van der Waals surface area contributed by atoms with Crippen molar-refractivity contribution >= 4 is 5.69 Å². The van der Waals surface area contributed by atoms with E-state index in [1.54, 1.807) is 13.2 Å². The topological polar surface area (TPSA) is 24.5 Å². The zero-order valence-corrected chi connectivity index (χ0v) is 11.9. The van der Waals surface area contributed by atoms with Crippen LogP contribution in [-0.4, -0.2) is 38.2 Å². The maximum Gasteiger partial charge on any atom is 0.144 e. The summed E-state index contributed by atoms with van der Waals surface area (Å²) in [6, 6.07) is 4.98. The Morgan fingerprint density at radius 3 is 2.95 bits per heavy atom. The summed E-state index contributed by atoms with van der Waals surface area (Å²) in [5.74, 6) is 0.914. The van der Waals surface area contributed by atoms with E-state index in [4.69, 9.17) is 4.74 Å². The van der Waals surface area contributed by atoms with Crippen LogP contribution in [0, 0.1) is 11.7 Å². The first-order valence-electron chi connectivity index (χ1n) is 6.88. The number of halogens is 1. The smallest absolute Gasteiger partial charge is 0.144 e. The van der Waals surface area contributed by atoms with Gasteiger partial charge >= 0.3 is 0 Å². The number of hydrogen-bond acceptors (Lipinski definition) is 3. The average molecular weight is 266 g/mol. The molecule has 19 heavy (non-hydrogen) atoms. The summed E-state index contributed by atoms with van der Waals surface area (Å²) in [5.41, 5.74) is 0.865. The fourth-order valence-corrected chi connectivity index (χ4v) is 2.76. The molecule has 0 aromatic heterocycles. The van der Waals surface area contributed by atoms with Crippen molar-refractivity contribution in [2.45, 2.75) is 25.8 Å². The number of hydrogen-bond donors (Lipinski definition) is 1. The van der Waals surface area contributed by atoms with E-state index in [0.717, 1.165) is 12.2 Å². The molecule has 1 fully saturated rings. The molecule has 4 heteroatoms. The van der Waals surface area contributed by atoms with E-state index in [0.29, 0.717) is 17.7 Å². The van der Waals surface area contributed by atoms with Crippen LogP contribution in [-0.2, 0) is 0 Å². The Kier molecular flexibility index (Phi) is 4.64. The molecule has 1 N–H and O–H groups in total. The molecule has 0 radical (unpaired) electrons. The van der Waals surface area contributed by atoms with E-state index in [1.165, 1.54) is 31.5 Å². The first-order chi connectivity index (χ1) is 9.10. The second-order valence-electron chi connectivity index (χ2n) is 5.44. The first kappa shape index (κ1) is 14.1. The highest BCUT2D eigenvalue weighted by Gasteiger charge is 2.23. The number of anilines is 1. The number of nitrogens with zero attached hydrogens (tertiary/aromatic N) is 1. The third kappa shape index (κ3) is 3.60. The van der Waals surface area contributed by atoms with Gasteiger partial charge in [-0.25, -0.2) is 4.39 Å². The highest BCUT2D eigenvalue weighted by atomic mass is 19.1. The predicted molar refractivity (Wildman–Crippen MR) is 76.3 cm³/mol. The van der Waals surface area contributed by atoms with E-state index >= 15 is 0 Å². The molecular weight excluding hydrogens is 243 g/mol. The van der Waals surface area contributed by atoms with Crippen LogP contribution in [0.4, 0.5) is 10.1 Å². The fourth-order valence-electron chi connectivity index (χ4n) is 2.76. The highest BCUT2D eigenvalue weighted by Crippen LogP contribution is 2.28. The number of methoxy groups -OCH3 is 1. The molecular formula is C15H23FN2O. The minimum absolute atomic E-state index is 0.271. The summed E-state index contributed by atoms with van der Waals surface area (Å²) in [7, 11) is 3.73. The van der Waals surface area contributed by atoms with Gasteiger partial charge in [0.25, 0.3) is 0 Å². The van der Waals surface area contributed by atoms with Gasteiger partial charge in [0.15, 0.2) is 0 Å². The Balaban J connectivity index is 2.03. The second-order valence-corrected chi connectivity index (χ2v) is 5.44. The summed E-state index contributed by atoms with van der Waals surface area (Å²) in [4.78, 5) is 2.37. The molecule has 1 aromatic rings. The van der Waals surface area contributed by atoms with Crippen LogP contribution in [0.1, 0.15) is 19.8 Å². The Hall–Kier alpha value is -1.29. The molecule has 2 rings (SSSR count). The van der Waals surface area contributed by atoms with Crippen LogP contribution in [0.3, 0.4) is 0 Å². The van der Waals surface area contributed by atoms with Gasteiger partial charge in [-0.05, 0) is 51.4 Å². The van der Waals surface area contributed by atoms with Gasteiger partial charge in [-0.15, -0.1) is 0 Å². The number of piperidine rings is 1. The lowest BCUT2D eigenvalue weighted by molar-refractivity contribution is 0.197. The standard InChI is InChI=1S/C15H23FN2O/c1-11(12-5-4-8-18(2)10-12)17-14-7-6-13(16)9-15(14)19-3/h6-7,9,11-12,17H,4-5,8,10H2,1-3H3. The van der Waals surface area contributed by atoms with Crippen LogP contribution >= 0.6 is 0 Å². The lowest BCUT2D eigenvalue weighted by Gasteiger charge is -2.34. The van der Waals surface area contributed by atoms with Gasteiger partial charge in [-0.1, -0.05) is 0 Å². The number of nitrogens with one attached hydrogen (secondary N) is 1. The summed E-state index contributed by atoms with van der Waals surface area (Å²) in [6.07, 6.45) is 2.48. The van der Waals surface area contributed by atoms with Crippen molar-refractivity contribution in [2.24, 2.45) is 5.92 Å². The van der Waals surface area contributed by atoms with E-state index in [9.17, 15) is 4.39 Å². The normalized spacial score (nSPS) is 22.0. The van der Waals surface area contributed by atoms with Gasteiger partial charge in [-0.3, -0.25) is 0 Å². The minimum atomic E-state index is -0.271. The molecule has 2 unspecified atom stereocenters. The number of rotatable bonds is 4. The summed E-state index contributed by atoms with van der Waals surface area (Å²) >= 11 is 0. The van der Waals surface area contributed by atoms with Gasteiger partial charge in [0.1, 0.15) is 11.6 Å². The minimum Gasteiger partial charge on any atom is -0.494 e. The third-order valence-corrected chi connectivity index (χ3v) is 3.91. The van der Waals surface area contributed by atoms with Crippen molar-refractivity contribution in [3.8, 4) is 5.75 Å². The second kappa shape index (κ2) is 6.24. The monoisotopic (exact) mass is 266 g/mol. The SMILES string of the molecule is COc1cc(F)ccc1NC(C)C1CCCN(C)C1. The number of likely N-dealkylation sites (tertiary alicyclic amines) is 1. The van der Waals surface area contributed by atoms with Gasteiger partial charge in [0.2, 0.25) is 0 Å². The molecule has 1 saturated heterocycles. The van der Waals surface area contributed by atoms with E-state index < -0.39 is 0 Å². The Morgan fingerprint density at radius 2 is 2.26 bits per heavy atom. The van der Waals surface area contributed by atoms with Crippen LogP contribution < -0.4 is 10.1 Å². The fraction of sp³-hybridized carbons (Fsp3) is 0.600. The third-order valence-electron chi connectivity index (χ3n) is 3.91. The lowest BCUT2D eigenvalue weighted by atomic mass is 9.91. The van der Waals surface area contributed by atoms with Crippen molar-refractivity contribution in [1.29, 1.82) is 0 Å². The van der Waals surface area contributed by atoms with Crippen molar-refractivity contribution in [1.82, 2.24) is 4.90 Å². The highest BCUT2D eigenvalue weighted by molar-refractivity contribution is 5.57. The van der Waals surface area contributed by atoms with Crippen molar-refractivity contribution in [3.05, 3.63) is 24.0 Å². The zero-order valence-electron chi connectivity index (χ0n) is 11.9. The molecule has 0 bridgehead atoms. The van der Waals surface area contributed by atoms with Gasteiger partial charge in [0, 0.05) is 18.7 Å². The van der Waals surface area contributed by atoms with Crippen LogP contribution in [0.15, 0.2) is 18.2 Å². The van der Waals surface area contributed by atoms with Crippen molar-refractivity contribution < 1.29 is 9.13 Å². The molecule has 106 valence electrons. The van der Waals surface area contributed by atoms with E-state index in [-0.39, 0.29) is 5.82 Å². The Morgan fingerprint density at radius 1 is 1.47 bits per heavy atom. The Bertz CT molecular complexity index is 425. The average Bonchev–Trinajstić information content (AvgIpc) is 2.40.